The van der Waals surface area contributed by atoms with E-state index in [9.17, 15) is 37.1 Å². The fourth-order valence-electron chi connectivity index (χ4n) is 3.48. The molecule has 0 atom stereocenters. The van der Waals surface area contributed by atoms with Crippen LogP contribution in [0.15, 0.2) is 72.9 Å². The summed E-state index contributed by atoms with van der Waals surface area (Å²) in [5, 5.41) is 14.3. The topological polar surface area (TPSA) is 100 Å². The number of amides is 2. The van der Waals surface area contributed by atoms with Crippen molar-refractivity contribution in [3.8, 4) is 0 Å². The number of aromatic nitrogens is 1. The Balaban J connectivity index is 1.65. The van der Waals surface area contributed by atoms with Gasteiger partial charge in [-0.1, -0.05) is 12.1 Å². The summed E-state index contributed by atoms with van der Waals surface area (Å²) in [6.07, 6.45) is -3.32. The second kappa shape index (κ2) is 8.93. The zero-order chi connectivity index (χ0) is 25.3. The molecule has 178 valence electrons. The second-order valence-corrected chi connectivity index (χ2v) is 7.38. The average molecular weight is 485 g/mol. The molecule has 4 rings (SSSR count). The van der Waals surface area contributed by atoms with Crippen molar-refractivity contribution in [3.63, 3.8) is 0 Å². The molecular formula is C24H15F4N3O4. The van der Waals surface area contributed by atoms with E-state index in [2.05, 4.69) is 10.6 Å². The zero-order valence-corrected chi connectivity index (χ0v) is 17.6. The van der Waals surface area contributed by atoms with Gasteiger partial charge in [0.1, 0.15) is 5.82 Å². The van der Waals surface area contributed by atoms with Crippen molar-refractivity contribution in [3.05, 3.63) is 95.4 Å². The number of carbonyl (C=O) groups excluding carboxylic acids is 2. The fraction of sp³-hybridized carbons (Fsp3) is 0.0417. The summed E-state index contributed by atoms with van der Waals surface area (Å²) in [5.74, 6) is -2.69. The van der Waals surface area contributed by atoms with E-state index in [4.69, 9.17) is 0 Å². The molecule has 0 saturated heterocycles. The lowest BCUT2D eigenvalue weighted by Crippen LogP contribution is -2.19. The summed E-state index contributed by atoms with van der Waals surface area (Å²) >= 11 is 0. The number of alkyl halides is 3. The first-order valence-corrected chi connectivity index (χ1v) is 9.97. The number of hydrogen-bond acceptors (Lipinski definition) is 3. The summed E-state index contributed by atoms with van der Waals surface area (Å²) in [5.41, 5.74) is -0.969. The lowest BCUT2D eigenvalue weighted by Gasteiger charge is -2.09. The molecule has 0 spiro atoms. The van der Waals surface area contributed by atoms with Gasteiger partial charge in [-0.05, 0) is 54.6 Å². The van der Waals surface area contributed by atoms with Crippen molar-refractivity contribution in [2.45, 2.75) is 6.18 Å². The highest BCUT2D eigenvalue weighted by Gasteiger charge is 2.30. The minimum atomic E-state index is -4.53. The van der Waals surface area contributed by atoms with E-state index in [0.29, 0.717) is 0 Å². The highest BCUT2D eigenvalue weighted by Crippen LogP contribution is 2.31. The van der Waals surface area contributed by atoms with E-state index in [-0.39, 0.29) is 33.4 Å². The summed E-state index contributed by atoms with van der Waals surface area (Å²) < 4.78 is 53.2. The van der Waals surface area contributed by atoms with Crippen LogP contribution < -0.4 is 10.6 Å². The van der Waals surface area contributed by atoms with Crippen LogP contribution in [0.1, 0.15) is 26.3 Å². The van der Waals surface area contributed by atoms with Gasteiger partial charge in [0.2, 0.25) is 0 Å². The molecule has 35 heavy (non-hydrogen) atoms. The minimum absolute atomic E-state index is 0.0186. The third-order valence-corrected chi connectivity index (χ3v) is 5.09. The van der Waals surface area contributed by atoms with Gasteiger partial charge in [-0.15, -0.1) is 0 Å². The second-order valence-electron chi connectivity index (χ2n) is 7.38. The molecule has 7 nitrogen and oxygen atoms in total. The van der Waals surface area contributed by atoms with Crippen molar-refractivity contribution in [2.75, 3.05) is 10.6 Å². The Morgan fingerprint density at radius 2 is 1.51 bits per heavy atom. The maximum absolute atomic E-state index is 13.9. The van der Waals surface area contributed by atoms with Crippen molar-refractivity contribution >= 4 is 40.2 Å². The lowest BCUT2D eigenvalue weighted by molar-refractivity contribution is -0.137. The largest absolute Gasteiger partial charge is 0.478 e. The van der Waals surface area contributed by atoms with Gasteiger partial charge in [0.15, 0.2) is 0 Å². The Bertz CT molecular complexity index is 1460. The number of anilines is 2. The van der Waals surface area contributed by atoms with Crippen LogP contribution in [0, 0.1) is 5.82 Å². The number of nitrogens with zero attached hydrogens (tertiary/aromatic N) is 1. The van der Waals surface area contributed by atoms with Gasteiger partial charge in [-0.3, -0.25) is 9.36 Å². The number of rotatable bonds is 4. The SMILES string of the molecule is O=C(Nc1ccc(C(F)(F)F)cc1)Nc1cn(C(=O)c2ccccc2C(=O)O)c2ccc(F)cc12. The number of fused-ring (bicyclic) bond motifs is 1. The Morgan fingerprint density at radius 3 is 2.14 bits per heavy atom. The average Bonchev–Trinajstić information content (AvgIpc) is 3.15. The molecule has 0 aliphatic heterocycles. The molecule has 0 aliphatic rings. The van der Waals surface area contributed by atoms with Crippen LogP contribution in [-0.2, 0) is 6.18 Å². The predicted molar refractivity (Wildman–Crippen MR) is 119 cm³/mol. The molecule has 2 amide bonds. The number of halogens is 4. The van der Waals surface area contributed by atoms with E-state index in [1.807, 2.05) is 0 Å². The standard InChI is InChI=1S/C24H15F4N3O4/c25-14-7-10-20-18(11-14)19(12-31(20)21(32)16-3-1-2-4-17(16)22(33)34)30-23(35)29-15-8-5-13(6-9-15)24(26,27)28/h1-12H,(H,33,34)(H2,29,30,35). The number of hydrogen-bond donors (Lipinski definition) is 3. The van der Waals surface area contributed by atoms with E-state index in [0.717, 1.165) is 41.0 Å². The van der Waals surface area contributed by atoms with Crippen molar-refractivity contribution in [2.24, 2.45) is 0 Å². The highest BCUT2D eigenvalue weighted by atomic mass is 19.4. The van der Waals surface area contributed by atoms with Crippen LogP contribution in [0.25, 0.3) is 10.9 Å². The molecule has 0 bridgehead atoms. The molecule has 1 aromatic heterocycles. The molecule has 3 aromatic carbocycles. The van der Waals surface area contributed by atoms with Crippen molar-refractivity contribution in [1.82, 2.24) is 4.57 Å². The number of carbonyl (C=O) groups is 3. The van der Waals surface area contributed by atoms with E-state index < -0.39 is 35.5 Å². The third-order valence-electron chi connectivity index (χ3n) is 5.09. The summed E-state index contributed by atoms with van der Waals surface area (Å²) in [7, 11) is 0. The van der Waals surface area contributed by atoms with Crippen molar-refractivity contribution in [1.29, 1.82) is 0 Å². The summed E-state index contributed by atoms with van der Waals surface area (Å²) in [6, 6.07) is 11.9. The lowest BCUT2D eigenvalue weighted by atomic mass is 10.1. The Hall–Kier alpha value is -4.67. The molecule has 0 fully saturated rings. The van der Waals surface area contributed by atoms with Crippen LogP contribution in [-0.4, -0.2) is 27.6 Å². The van der Waals surface area contributed by atoms with Gasteiger partial charge < -0.3 is 15.7 Å². The van der Waals surface area contributed by atoms with Crippen LogP contribution in [0.2, 0.25) is 0 Å². The molecule has 0 radical (unpaired) electrons. The van der Waals surface area contributed by atoms with E-state index >= 15 is 0 Å². The van der Waals surface area contributed by atoms with Gasteiger partial charge in [0.05, 0.1) is 27.9 Å². The van der Waals surface area contributed by atoms with Gasteiger partial charge >= 0.3 is 18.2 Å². The van der Waals surface area contributed by atoms with Crippen LogP contribution in [0.5, 0.6) is 0 Å². The number of urea groups is 1. The Labute approximate surface area is 194 Å². The van der Waals surface area contributed by atoms with Crippen LogP contribution >= 0.6 is 0 Å². The smallest absolute Gasteiger partial charge is 0.416 e. The van der Waals surface area contributed by atoms with Crippen LogP contribution in [0.4, 0.5) is 33.7 Å². The van der Waals surface area contributed by atoms with Gasteiger partial charge in [-0.25, -0.2) is 14.0 Å². The molecule has 0 aliphatic carbocycles. The fourth-order valence-corrected chi connectivity index (χ4v) is 3.48. The quantitative estimate of drug-likeness (QED) is 0.317. The van der Waals surface area contributed by atoms with Crippen LogP contribution in [0.3, 0.4) is 0 Å². The molecule has 3 N–H and O–H groups in total. The van der Waals surface area contributed by atoms with E-state index in [1.165, 1.54) is 36.5 Å². The Morgan fingerprint density at radius 1 is 0.857 bits per heavy atom. The molecular weight excluding hydrogens is 470 g/mol. The number of carboxylic acids is 1. The minimum Gasteiger partial charge on any atom is -0.478 e. The van der Waals surface area contributed by atoms with Gasteiger partial charge in [0.25, 0.3) is 5.91 Å². The Kier molecular flexibility index (Phi) is 6.00. The summed E-state index contributed by atoms with van der Waals surface area (Å²) in [6.45, 7) is 0. The van der Waals surface area contributed by atoms with Crippen molar-refractivity contribution < 1.29 is 37.1 Å². The van der Waals surface area contributed by atoms with E-state index in [1.54, 1.807) is 0 Å². The first-order valence-electron chi connectivity index (χ1n) is 9.97. The third kappa shape index (κ3) is 4.83. The molecule has 11 heteroatoms. The molecule has 0 unspecified atom stereocenters. The maximum atomic E-state index is 13.9. The molecule has 4 aromatic rings. The number of benzene rings is 3. The normalized spacial score (nSPS) is 11.3. The monoisotopic (exact) mass is 485 g/mol. The first kappa shape index (κ1) is 23.5. The highest BCUT2D eigenvalue weighted by molar-refractivity contribution is 6.12. The zero-order valence-electron chi connectivity index (χ0n) is 17.6. The summed E-state index contributed by atoms with van der Waals surface area (Å²) in [4.78, 5) is 37.2. The number of carboxylic acid groups (broad SMARTS) is 1. The predicted octanol–water partition coefficient (Wildman–Crippen LogP) is 5.83. The maximum Gasteiger partial charge on any atom is 0.416 e. The van der Waals surface area contributed by atoms with Gasteiger partial charge in [0, 0.05) is 17.3 Å². The molecule has 0 saturated carbocycles. The number of aromatic carboxylic acids is 1. The molecule has 1 heterocycles. The first-order chi connectivity index (χ1) is 16.5. The number of nitrogens with one attached hydrogen (secondary N) is 2. The van der Waals surface area contributed by atoms with Gasteiger partial charge in [-0.2, -0.15) is 13.2 Å².